The Kier molecular flexibility index (Phi) is 3.33. The van der Waals surface area contributed by atoms with Crippen LogP contribution in [0.1, 0.15) is 23.1 Å². The van der Waals surface area contributed by atoms with Crippen molar-refractivity contribution in [1.29, 1.82) is 5.26 Å². The van der Waals surface area contributed by atoms with Gasteiger partial charge in [0.1, 0.15) is 11.2 Å². The first kappa shape index (κ1) is 10.8. The number of hydrogen-bond acceptors (Lipinski definition) is 3. The van der Waals surface area contributed by atoms with Crippen LogP contribution in [0.5, 0.6) is 0 Å². The molecule has 0 unspecified atom stereocenters. The number of nitriles is 1. The molecule has 0 aromatic carbocycles. The van der Waals surface area contributed by atoms with Gasteiger partial charge in [0.05, 0.1) is 12.2 Å². The Labute approximate surface area is 83.6 Å². The number of pyridine rings is 1. The molecule has 0 aliphatic heterocycles. The van der Waals surface area contributed by atoms with Crippen LogP contribution >= 0.6 is 11.6 Å². The highest BCUT2D eigenvalue weighted by Gasteiger charge is 2.20. The van der Waals surface area contributed by atoms with Crippen molar-refractivity contribution in [2.45, 2.75) is 13.0 Å². The lowest BCUT2D eigenvalue weighted by Gasteiger charge is -2.08. The van der Waals surface area contributed by atoms with Gasteiger partial charge in [-0.05, 0) is 0 Å². The molecule has 14 heavy (non-hydrogen) atoms. The molecule has 1 rings (SSSR count). The van der Waals surface area contributed by atoms with Crippen molar-refractivity contribution in [2.75, 3.05) is 0 Å². The SMILES string of the molecule is N#Cc1c(Cl)ncc(CO)c1C(F)F. The predicted molar refractivity (Wildman–Crippen MR) is 44.8 cm³/mol. The topological polar surface area (TPSA) is 56.9 Å². The van der Waals surface area contributed by atoms with Crippen LogP contribution in [0.3, 0.4) is 0 Å². The fourth-order valence-corrected chi connectivity index (χ4v) is 1.21. The third-order valence-corrected chi connectivity index (χ3v) is 1.94. The number of aliphatic hydroxyl groups is 1. The third-order valence-electron chi connectivity index (χ3n) is 1.66. The summed E-state index contributed by atoms with van der Waals surface area (Å²) >= 11 is 5.45. The number of hydrogen-bond donors (Lipinski definition) is 1. The molecule has 1 aromatic rings. The van der Waals surface area contributed by atoms with E-state index in [1.165, 1.54) is 6.07 Å². The highest BCUT2D eigenvalue weighted by atomic mass is 35.5. The molecule has 0 saturated carbocycles. The zero-order valence-electron chi connectivity index (χ0n) is 6.84. The summed E-state index contributed by atoms with van der Waals surface area (Å²) in [6.07, 6.45) is -1.82. The van der Waals surface area contributed by atoms with Crippen molar-refractivity contribution >= 4 is 11.6 Å². The largest absolute Gasteiger partial charge is 0.392 e. The van der Waals surface area contributed by atoms with E-state index < -0.39 is 18.6 Å². The first-order valence-corrected chi connectivity index (χ1v) is 3.96. The number of nitrogens with zero attached hydrogens (tertiary/aromatic N) is 2. The normalized spacial score (nSPS) is 10.3. The Bertz CT molecular complexity index is 390. The van der Waals surface area contributed by atoms with E-state index in [2.05, 4.69) is 4.98 Å². The third kappa shape index (κ3) is 1.81. The number of alkyl halides is 2. The lowest BCUT2D eigenvalue weighted by atomic mass is 10.1. The summed E-state index contributed by atoms with van der Waals surface area (Å²) < 4.78 is 25.0. The van der Waals surface area contributed by atoms with E-state index in [0.29, 0.717) is 0 Å². The van der Waals surface area contributed by atoms with Crippen LogP contribution in [0.15, 0.2) is 6.20 Å². The Balaban J connectivity index is 3.46. The van der Waals surface area contributed by atoms with Crippen LogP contribution in [0.4, 0.5) is 8.78 Å². The maximum absolute atomic E-state index is 12.5. The lowest BCUT2D eigenvalue weighted by Crippen LogP contribution is -2.01. The first-order valence-electron chi connectivity index (χ1n) is 3.58. The van der Waals surface area contributed by atoms with Gasteiger partial charge in [0.25, 0.3) is 6.43 Å². The van der Waals surface area contributed by atoms with E-state index >= 15 is 0 Å². The molecule has 1 aromatic heterocycles. The zero-order chi connectivity index (χ0) is 10.7. The minimum Gasteiger partial charge on any atom is -0.392 e. The van der Waals surface area contributed by atoms with Crippen LogP contribution in [0, 0.1) is 11.3 Å². The Morgan fingerprint density at radius 3 is 2.71 bits per heavy atom. The average molecular weight is 219 g/mol. The van der Waals surface area contributed by atoms with E-state index in [9.17, 15) is 8.78 Å². The Morgan fingerprint density at radius 2 is 2.29 bits per heavy atom. The Hall–Kier alpha value is -1.25. The van der Waals surface area contributed by atoms with Crippen LogP contribution in [0.25, 0.3) is 0 Å². The number of halogens is 3. The van der Waals surface area contributed by atoms with Gasteiger partial charge in [0.2, 0.25) is 0 Å². The van der Waals surface area contributed by atoms with E-state index in [0.717, 1.165) is 6.20 Å². The molecular weight excluding hydrogens is 214 g/mol. The molecule has 1 heterocycles. The van der Waals surface area contributed by atoms with E-state index in [4.69, 9.17) is 22.0 Å². The molecule has 0 atom stereocenters. The van der Waals surface area contributed by atoms with Gasteiger partial charge in [0.15, 0.2) is 0 Å². The van der Waals surface area contributed by atoms with Gasteiger partial charge in [-0.25, -0.2) is 13.8 Å². The molecule has 0 bridgehead atoms. The maximum Gasteiger partial charge on any atom is 0.265 e. The minimum absolute atomic E-state index is 0.0825. The van der Waals surface area contributed by atoms with Crippen molar-refractivity contribution < 1.29 is 13.9 Å². The van der Waals surface area contributed by atoms with Gasteiger partial charge >= 0.3 is 0 Å². The molecule has 6 heteroatoms. The quantitative estimate of drug-likeness (QED) is 0.773. The standard InChI is InChI=1S/C8H5ClF2N2O/c9-7-5(1-12)6(8(10)11)4(3-14)2-13-7/h2,8,14H,3H2. The summed E-state index contributed by atoms with van der Waals surface area (Å²) in [6, 6.07) is 1.53. The summed E-state index contributed by atoms with van der Waals surface area (Å²) in [5.74, 6) is 0. The van der Waals surface area contributed by atoms with Crippen LogP contribution in [0.2, 0.25) is 5.15 Å². The molecule has 0 spiro atoms. The molecule has 0 fully saturated rings. The second-order valence-electron chi connectivity index (χ2n) is 2.43. The second-order valence-corrected chi connectivity index (χ2v) is 2.79. The molecule has 3 nitrogen and oxygen atoms in total. The van der Waals surface area contributed by atoms with Crippen LogP contribution in [-0.2, 0) is 6.61 Å². The average Bonchev–Trinajstić information content (AvgIpc) is 2.17. The smallest absolute Gasteiger partial charge is 0.265 e. The number of rotatable bonds is 2. The van der Waals surface area contributed by atoms with Gasteiger partial charge in [-0.3, -0.25) is 0 Å². The Morgan fingerprint density at radius 1 is 1.64 bits per heavy atom. The highest BCUT2D eigenvalue weighted by molar-refractivity contribution is 6.30. The molecule has 0 saturated heterocycles. The minimum atomic E-state index is -2.85. The van der Waals surface area contributed by atoms with Crippen molar-refractivity contribution in [1.82, 2.24) is 4.98 Å². The lowest BCUT2D eigenvalue weighted by molar-refractivity contribution is 0.146. The van der Waals surface area contributed by atoms with Crippen molar-refractivity contribution in [3.05, 3.63) is 28.0 Å². The van der Waals surface area contributed by atoms with Gasteiger partial charge in [-0.2, -0.15) is 5.26 Å². The van der Waals surface area contributed by atoms with Crippen LogP contribution in [-0.4, -0.2) is 10.1 Å². The molecule has 0 aliphatic carbocycles. The van der Waals surface area contributed by atoms with E-state index in [1.807, 2.05) is 0 Å². The molecule has 74 valence electrons. The fraction of sp³-hybridized carbons (Fsp3) is 0.250. The van der Waals surface area contributed by atoms with Crippen molar-refractivity contribution in [2.24, 2.45) is 0 Å². The highest BCUT2D eigenvalue weighted by Crippen LogP contribution is 2.29. The molecule has 0 aliphatic rings. The van der Waals surface area contributed by atoms with Gasteiger partial charge in [-0.1, -0.05) is 11.6 Å². The van der Waals surface area contributed by atoms with Crippen molar-refractivity contribution in [3.63, 3.8) is 0 Å². The summed E-state index contributed by atoms with van der Waals surface area (Å²) in [7, 11) is 0. The fourth-order valence-electron chi connectivity index (χ4n) is 1.02. The summed E-state index contributed by atoms with van der Waals surface area (Å²) in [5, 5.41) is 17.1. The van der Waals surface area contributed by atoms with Gasteiger partial charge in [0, 0.05) is 17.3 Å². The van der Waals surface area contributed by atoms with E-state index in [1.54, 1.807) is 0 Å². The van der Waals surface area contributed by atoms with Gasteiger partial charge in [-0.15, -0.1) is 0 Å². The molecule has 1 N–H and O–H groups in total. The monoisotopic (exact) mass is 218 g/mol. The summed E-state index contributed by atoms with van der Waals surface area (Å²) in [5.41, 5.74) is -1.01. The van der Waals surface area contributed by atoms with E-state index in [-0.39, 0.29) is 16.3 Å². The maximum atomic E-state index is 12.5. The zero-order valence-corrected chi connectivity index (χ0v) is 7.59. The summed E-state index contributed by atoms with van der Waals surface area (Å²) in [6.45, 7) is -0.599. The summed E-state index contributed by atoms with van der Waals surface area (Å²) in [4.78, 5) is 3.51. The van der Waals surface area contributed by atoms with Gasteiger partial charge < -0.3 is 5.11 Å². The second kappa shape index (κ2) is 4.31. The number of aromatic nitrogens is 1. The predicted octanol–water partition coefficient (Wildman–Crippen LogP) is 2.04. The first-order chi connectivity index (χ1) is 6.61. The number of aliphatic hydroxyl groups excluding tert-OH is 1. The molecule has 0 radical (unpaired) electrons. The molecular formula is C8H5ClF2N2O. The van der Waals surface area contributed by atoms with Crippen molar-refractivity contribution in [3.8, 4) is 6.07 Å². The molecule has 0 amide bonds. The van der Waals surface area contributed by atoms with Crippen LogP contribution < -0.4 is 0 Å².